The van der Waals surface area contributed by atoms with Gasteiger partial charge >= 0.3 is 0 Å². The first-order chi connectivity index (χ1) is 11.0. The van der Waals surface area contributed by atoms with E-state index in [-0.39, 0.29) is 11.8 Å². The second-order valence-electron chi connectivity index (χ2n) is 5.45. The summed E-state index contributed by atoms with van der Waals surface area (Å²) in [6.45, 7) is 4.68. The molecule has 23 heavy (non-hydrogen) atoms. The highest BCUT2D eigenvalue weighted by molar-refractivity contribution is 9.10. The van der Waals surface area contributed by atoms with Gasteiger partial charge in [-0.25, -0.2) is 0 Å². The van der Waals surface area contributed by atoms with E-state index in [9.17, 15) is 4.79 Å². The Kier molecular flexibility index (Phi) is 4.81. The fourth-order valence-electron chi connectivity index (χ4n) is 3.01. The maximum Gasteiger partial charge on any atom is 0.246 e. The van der Waals surface area contributed by atoms with Crippen LogP contribution in [-0.2, 0) is 11.3 Å². The molecule has 1 aliphatic heterocycles. The Hall–Kier alpha value is -1.29. The maximum absolute atomic E-state index is 12.1. The lowest BCUT2D eigenvalue weighted by molar-refractivity contribution is -0.127. The van der Waals surface area contributed by atoms with E-state index in [1.165, 1.54) is 6.08 Å². The number of amides is 1. The average molecular weight is 411 g/mol. The van der Waals surface area contributed by atoms with Crippen LogP contribution in [0.15, 0.2) is 53.5 Å². The van der Waals surface area contributed by atoms with Gasteiger partial charge in [0.1, 0.15) is 0 Å². The van der Waals surface area contributed by atoms with Crippen molar-refractivity contribution in [2.45, 2.75) is 12.5 Å². The third kappa shape index (κ3) is 3.18. The van der Waals surface area contributed by atoms with E-state index >= 15 is 0 Å². The molecule has 0 fully saturated rings. The molecule has 2 nitrogen and oxygen atoms in total. The number of halogens is 3. The molecule has 2 aromatic rings. The first-order valence-corrected chi connectivity index (χ1v) is 8.69. The highest BCUT2D eigenvalue weighted by Crippen LogP contribution is 2.41. The predicted octanol–water partition coefficient (Wildman–Crippen LogP) is 5.42. The van der Waals surface area contributed by atoms with E-state index < -0.39 is 0 Å². The van der Waals surface area contributed by atoms with E-state index in [0.29, 0.717) is 23.1 Å². The van der Waals surface area contributed by atoms with Crippen LogP contribution in [0.3, 0.4) is 0 Å². The Morgan fingerprint density at radius 1 is 1.26 bits per heavy atom. The van der Waals surface area contributed by atoms with Crippen molar-refractivity contribution < 1.29 is 4.79 Å². The Balaban J connectivity index is 2.16. The van der Waals surface area contributed by atoms with Crippen molar-refractivity contribution in [3.63, 3.8) is 0 Å². The number of hydrogen-bond acceptors (Lipinski definition) is 1. The van der Waals surface area contributed by atoms with Crippen LogP contribution < -0.4 is 0 Å². The molecular weight excluding hydrogens is 397 g/mol. The smallest absolute Gasteiger partial charge is 0.246 e. The zero-order valence-electron chi connectivity index (χ0n) is 12.2. The Morgan fingerprint density at radius 3 is 2.61 bits per heavy atom. The molecule has 0 bridgehead atoms. The molecule has 1 amide bonds. The van der Waals surface area contributed by atoms with Gasteiger partial charge in [-0.05, 0) is 47.0 Å². The van der Waals surface area contributed by atoms with Gasteiger partial charge in [0.2, 0.25) is 5.91 Å². The van der Waals surface area contributed by atoms with E-state index in [1.54, 1.807) is 4.90 Å². The fourth-order valence-corrected chi connectivity index (χ4v) is 4.05. The number of rotatable bonds is 2. The molecule has 1 atom stereocenters. The summed E-state index contributed by atoms with van der Waals surface area (Å²) in [6, 6.07) is 11.6. The molecule has 118 valence electrons. The second kappa shape index (κ2) is 6.68. The van der Waals surface area contributed by atoms with Gasteiger partial charge in [-0.2, -0.15) is 0 Å². The average Bonchev–Trinajstić information content (AvgIpc) is 2.54. The van der Waals surface area contributed by atoms with Gasteiger partial charge in [0.15, 0.2) is 0 Å². The molecule has 0 spiro atoms. The van der Waals surface area contributed by atoms with Crippen molar-refractivity contribution in [2.75, 3.05) is 6.54 Å². The van der Waals surface area contributed by atoms with E-state index in [1.807, 2.05) is 30.3 Å². The molecule has 2 aromatic carbocycles. The summed E-state index contributed by atoms with van der Waals surface area (Å²) < 4.78 is 0.993. The molecular formula is C18H14BrCl2NO. The van der Waals surface area contributed by atoms with Crippen LogP contribution in [0, 0.1) is 0 Å². The van der Waals surface area contributed by atoms with Gasteiger partial charge in [0, 0.05) is 33.5 Å². The van der Waals surface area contributed by atoms with Gasteiger partial charge in [0.25, 0.3) is 0 Å². The van der Waals surface area contributed by atoms with Gasteiger partial charge in [-0.15, -0.1) is 0 Å². The summed E-state index contributed by atoms with van der Waals surface area (Å²) in [5.74, 6) is -0.159. The summed E-state index contributed by atoms with van der Waals surface area (Å²) in [5.41, 5.74) is 3.09. The summed E-state index contributed by atoms with van der Waals surface area (Å²) in [6.07, 6.45) is 1.34. The normalized spacial score (nSPS) is 16.8. The van der Waals surface area contributed by atoms with E-state index in [4.69, 9.17) is 23.2 Å². The summed E-state index contributed by atoms with van der Waals surface area (Å²) in [5, 5.41) is 1.22. The first-order valence-electron chi connectivity index (χ1n) is 7.15. The molecule has 5 heteroatoms. The second-order valence-corrected chi connectivity index (χ2v) is 7.18. The summed E-state index contributed by atoms with van der Waals surface area (Å²) >= 11 is 16.3. The molecule has 0 aliphatic carbocycles. The number of fused-ring (bicyclic) bond motifs is 1. The molecule has 0 unspecified atom stereocenters. The van der Waals surface area contributed by atoms with Gasteiger partial charge in [-0.3, -0.25) is 4.79 Å². The van der Waals surface area contributed by atoms with E-state index in [2.05, 4.69) is 28.6 Å². The zero-order chi connectivity index (χ0) is 16.6. The minimum absolute atomic E-state index is 0.0682. The highest BCUT2D eigenvalue weighted by Gasteiger charge is 2.31. The van der Waals surface area contributed by atoms with Crippen LogP contribution >= 0.6 is 39.1 Å². The summed E-state index contributed by atoms with van der Waals surface area (Å²) in [7, 11) is 0. The van der Waals surface area contributed by atoms with Crippen molar-refractivity contribution in [2.24, 2.45) is 0 Å². The minimum atomic E-state index is -0.0910. The standard InChI is InChI=1S/C18H14BrCl2NO/c1-2-17(23)22-9-11-6-7-12(19)8-13(11)14(10-22)18-15(20)4-3-5-16(18)21/h2-8,14H,1,9-10H2/t14-/m0/s1. The Morgan fingerprint density at radius 2 is 1.96 bits per heavy atom. The maximum atomic E-state index is 12.1. The molecule has 0 radical (unpaired) electrons. The number of carbonyl (C=O) groups excluding carboxylic acids is 1. The van der Waals surface area contributed by atoms with Crippen LogP contribution in [0.2, 0.25) is 10.0 Å². The largest absolute Gasteiger partial charge is 0.334 e. The van der Waals surface area contributed by atoms with Crippen molar-refractivity contribution in [1.29, 1.82) is 0 Å². The minimum Gasteiger partial charge on any atom is -0.334 e. The molecule has 0 N–H and O–H groups in total. The molecule has 0 saturated carbocycles. The van der Waals surface area contributed by atoms with Crippen LogP contribution in [0.1, 0.15) is 22.6 Å². The highest BCUT2D eigenvalue weighted by atomic mass is 79.9. The van der Waals surface area contributed by atoms with Crippen molar-refractivity contribution in [3.8, 4) is 0 Å². The number of hydrogen-bond donors (Lipinski definition) is 0. The molecule has 0 aromatic heterocycles. The number of benzene rings is 2. The topological polar surface area (TPSA) is 20.3 Å². The molecule has 1 aliphatic rings. The van der Waals surface area contributed by atoms with Gasteiger partial charge < -0.3 is 4.90 Å². The summed E-state index contributed by atoms with van der Waals surface area (Å²) in [4.78, 5) is 13.9. The monoisotopic (exact) mass is 409 g/mol. The first kappa shape index (κ1) is 16.6. The molecule has 1 heterocycles. The van der Waals surface area contributed by atoms with E-state index in [0.717, 1.165) is 21.2 Å². The van der Waals surface area contributed by atoms with Crippen LogP contribution in [0.25, 0.3) is 0 Å². The van der Waals surface area contributed by atoms with Crippen molar-refractivity contribution in [3.05, 3.63) is 80.3 Å². The SMILES string of the molecule is C=CC(=O)N1Cc2ccc(Br)cc2[C@@H](c2c(Cl)cccc2Cl)C1. The van der Waals surface area contributed by atoms with Crippen LogP contribution in [0.5, 0.6) is 0 Å². The molecule has 3 rings (SSSR count). The lowest BCUT2D eigenvalue weighted by atomic mass is 9.84. The van der Waals surface area contributed by atoms with Gasteiger partial charge in [-0.1, -0.05) is 57.8 Å². The Labute approximate surface area is 153 Å². The van der Waals surface area contributed by atoms with Gasteiger partial charge in [0.05, 0.1) is 0 Å². The van der Waals surface area contributed by atoms with Crippen LogP contribution in [-0.4, -0.2) is 17.4 Å². The fraction of sp³-hybridized carbons (Fsp3) is 0.167. The third-order valence-corrected chi connectivity index (χ3v) is 5.23. The quantitative estimate of drug-likeness (QED) is 0.605. The molecule has 0 saturated heterocycles. The number of carbonyl (C=O) groups is 1. The number of nitrogens with zero attached hydrogens (tertiary/aromatic N) is 1. The van der Waals surface area contributed by atoms with Crippen molar-refractivity contribution >= 4 is 45.0 Å². The Bertz CT molecular complexity index is 770. The lowest BCUT2D eigenvalue weighted by Gasteiger charge is -2.35. The predicted molar refractivity (Wildman–Crippen MR) is 98.1 cm³/mol. The third-order valence-electron chi connectivity index (χ3n) is 4.08. The zero-order valence-corrected chi connectivity index (χ0v) is 15.3. The van der Waals surface area contributed by atoms with Crippen molar-refractivity contribution in [1.82, 2.24) is 4.90 Å². The van der Waals surface area contributed by atoms with Crippen LogP contribution in [0.4, 0.5) is 0 Å². The lowest BCUT2D eigenvalue weighted by Crippen LogP contribution is -2.37.